The molecule has 1 N–H and O–H groups in total. The summed E-state index contributed by atoms with van der Waals surface area (Å²) in [5.74, 6) is 0.481. The number of carboxylic acid groups (broad SMARTS) is 1. The number of fused-ring (bicyclic) bond motifs is 1. The summed E-state index contributed by atoms with van der Waals surface area (Å²) in [6.07, 6.45) is 0.842. The van der Waals surface area contributed by atoms with Gasteiger partial charge in [-0.25, -0.2) is 4.98 Å². The Morgan fingerprint density at radius 3 is 2.62 bits per heavy atom. The molecule has 5 nitrogen and oxygen atoms in total. The molecule has 1 aromatic heterocycles. The first-order valence-corrected chi connectivity index (χ1v) is 7.10. The number of carbonyl (C=O) groups is 2. The van der Waals surface area contributed by atoms with E-state index in [1.54, 1.807) is 12.1 Å². The fraction of sp³-hybridized carbons (Fsp3) is 0.438. The summed E-state index contributed by atoms with van der Waals surface area (Å²) in [5.41, 5.74) is 2.27. The first-order valence-electron chi connectivity index (χ1n) is 7.10. The summed E-state index contributed by atoms with van der Waals surface area (Å²) in [5, 5.41) is 8.90. The van der Waals surface area contributed by atoms with Crippen molar-refractivity contribution in [3.8, 4) is 0 Å². The standard InChI is InChI=1S/C16H20N2O3/c1-10(2)8-15-17-13-9-12(11(3)19)4-5-14(13)18(15)7-6-16(20)21/h4-5,9-10H,6-8H2,1-3H3,(H,20,21). The van der Waals surface area contributed by atoms with Crippen LogP contribution in [0.25, 0.3) is 11.0 Å². The molecule has 0 radical (unpaired) electrons. The Balaban J connectivity index is 2.49. The molecule has 2 rings (SSSR count). The monoisotopic (exact) mass is 288 g/mol. The topological polar surface area (TPSA) is 72.2 Å². The quantitative estimate of drug-likeness (QED) is 0.829. The lowest BCUT2D eigenvalue weighted by atomic mass is 10.1. The molecule has 2 aromatic rings. The van der Waals surface area contributed by atoms with Crippen LogP contribution in [0.2, 0.25) is 0 Å². The van der Waals surface area contributed by atoms with Gasteiger partial charge >= 0.3 is 5.97 Å². The SMILES string of the molecule is CC(=O)c1ccc2c(c1)nc(CC(C)C)n2CCC(=O)O. The van der Waals surface area contributed by atoms with Crippen molar-refractivity contribution in [2.24, 2.45) is 5.92 Å². The maximum atomic E-state index is 11.5. The molecular formula is C16H20N2O3. The highest BCUT2D eigenvalue weighted by molar-refractivity contribution is 5.97. The van der Waals surface area contributed by atoms with E-state index in [-0.39, 0.29) is 12.2 Å². The van der Waals surface area contributed by atoms with Crippen LogP contribution < -0.4 is 0 Å². The van der Waals surface area contributed by atoms with Gasteiger partial charge in [-0.2, -0.15) is 0 Å². The number of aliphatic carboxylic acids is 1. The Kier molecular flexibility index (Phi) is 4.40. The summed E-state index contributed by atoms with van der Waals surface area (Å²) >= 11 is 0. The van der Waals surface area contributed by atoms with Crippen molar-refractivity contribution >= 4 is 22.8 Å². The second kappa shape index (κ2) is 6.08. The van der Waals surface area contributed by atoms with E-state index in [1.807, 2.05) is 10.6 Å². The largest absolute Gasteiger partial charge is 0.481 e. The van der Waals surface area contributed by atoms with E-state index < -0.39 is 5.97 Å². The normalized spacial score (nSPS) is 11.2. The first kappa shape index (κ1) is 15.2. The van der Waals surface area contributed by atoms with Gasteiger partial charge in [0.2, 0.25) is 0 Å². The summed E-state index contributed by atoms with van der Waals surface area (Å²) in [4.78, 5) is 26.9. The maximum absolute atomic E-state index is 11.5. The van der Waals surface area contributed by atoms with Gasteiger partial charge in [0.15, 0.2) is 5.78 Å². The van der Waals surface area contributed by atoms with Crippen molar-refractivity contribution < 1.29 is 14.7 Å². The molecule has 0 aliphatic rings. The molecule has 0 atom stereocenters. The number of hydrogen-bond acceptors (Lipinski definition) is 3. The molecule has 112 valence electrons. The zero-order valence-electron chi connectivity index (χ0n) is 12.6. The Labute approximate surface area is 123 Å². The Morgan fingerprint density at radius 2 is 2.05 bits per heavy atom. The van der Waals surface area contributed by atoms with Gasteiger partial charge in [0.1, 0.15) is 5.82 Å². The molecule has 0 saturated carbocycles. The maximum Gasteiger partial charge on any atom is 0.305 e. The van der Waals surface area contributed by atoms with Gasteiger partial charge in [0.25, 0.3) is 0 Å². The lowest BCUT2D eigenvalue weighted by Gasteiger charge is -2.09. The Bertz CT molecular complexity index is 686. The van der Waals surface area contributed by atoms with Crippen LogP contribution in [-0.2, 0) is 17.8 Å². The molecule has 0 aliphatic carbocycles. The molecule has 0 spiro atoms. The van der Waals surface area contributed by atoms with Crippen LogP contribution in [0.1, 0.15) is 43.4 Å². The van der Waals surface area contributed by atoms with Crippen LogP contribution in [0.15, 0.2) is 18.2 Å². The zero-order valence-corrected chi connectivity index (χ0v) is 12.6. The molecule has 0 saturated heterocycles. The number of benzene rings is 1. The van der Waals surface area contributed by atoms with Gasteiger partial charge in [0, 0.05) is 18.5 Å². The second-order valence-electron chi connectivity index (χ2n) is 5.68. The summed E-state index contributed by atoms with van der Waals surface area (Å²) in [7, 11) is 0. The molecular weight excluding hydrogens is 268 g/mol. The highest BCUT2D eigenvalue weighted by Gasteiger charge is 2.14. The van der Waals surface area contributed by atoms with Crippen molar-refractivity contribution in [3.05, 3.63) is 29.6 Å². The average molecular weight is 288 g/mol. The number of aromatic nitrogens is 2. The van der Waals surface area contributed by atoms with Crippen molar-refractivity contribution in [1.82, 2.24) is 9.55 Å². The minimum Gasteiger partial charge on any atom is -0.481 e. The molecule has 0 unspecified atom stereocenters. The lowest BCUT2D eigenvalue weighted by molar-refractivity contribution is -0.137. The number of rotatable bonds is 6. The van der Waals surface area contributed by atoms with Crippen LogP contribution in [0.4, 0.5) is 0 Å². The number of carbonyl (C=O) groups excluding carboxylic acids is 1. The van der Waals surface area contributed by atoms with Crippen molar-refractivity contribution in [1.29, 1.82) is 0 Å². The number of carboxylic acids is 1. The van der Waals surface area contributed by atoms with Crippen LogP contribution in [0.5, 0.6) is 0 Å². The third-order valence-corrected chi connectivity index (χ3v) is 3.37. The molecule has 0 fully saturated rings. The third-order valence-electron chi connectivity index (χ3n) is 3.37. The molecule has 21 heavy (non-hydrogen) atoms. The van der Waals surface area contributed by atoms with Gasteiger partial charge in [-0.05, 0) is 31.0 Å². The van der Waals surface area contributed by atoms with Gasteiger partial charge in [-0.1, -0.05) is 13.8 Å². The van der Waals surface area contributed by atoms with E-state index in [9.17, 15) is 9.59 Å². The third kappa shape index (κ3) is 3.48. The van der Waals surface area contributed by atoms with Gasteiger partial charge < -0.3 is 9.67 Å². The molecule has 0 bridgehead atoms. The number of hydrogen-bond donors (Lipinski definition) is 1. The van der Waals surface area contributed by atoms with Crippen LogP contribution >= 0.6 is 0 Å². The minimum absolute atomic E-state index is 0.00222. The van der Waals surface area contributed by atoms with Gasteiger partial charge in [0.05, 0.1) is 17.5 Å². The Hall–Kier alpha value is -2.17. The smallest absolute Gasteiger partial charge is 0.305 e. The minimum atomic E-state index is -0.826. The second-order valence-corrected chi connectivity index (χ2v) is 5.68. The summed E-state index contributed by atoms with van der Waals surface area (Å²) in [6, 6.07) is 5.40. The Morgan fingerprint density at radius 1 is 1.33 bits per heavy atom. The molecule has 1 aromatic carbocycles. The van der Waals surface area contributed by atoms with E-state index in [2.05, 4.69) is 18.8 Å². The lowest BCUT2D eigenvalue weighted by Crippen LogP contribution is -2.10. The summed E-state index contributed by atoms with van der Waals surface area (Å²) < 4.78 is 1.95. The van der Waals surface area contributed by atoms with Gasteiger partial charge in [-0.3, -0.25) is 9.59 Å². The number of ketones is 1. The van der Waals surface area contributed by atoms with Crippen LogP contribution in [0, 0.1) is 5.92 Å². The van der Waals surface area contributed by atoms with Gasteiger partial charge in [-0.15, -0.1) is 0 Å². The van der Waals surface area contributed by atoms with E-state index in [0.717, 1.165) is 23.3 Å². The predicted octanol–water partition coefficient (Wildman–Crippen LogP) is 2.91. The summed E-state index contributed by atoms with van der Waals surface area (Å²) in [6.45, 7) is 6.12. The number of nitrogens with zero attached hydrogens (tertiary/aromatic N) is 2. The number of aryl methyl sites for hydroxylation is 1. The zero-order chi connectivity index (χ0) is 15.6. The van der Waals surface area contributed by atoms with Crippen LogP contribution in [-0.4, -0.2) is 26.4 Å². The van der Waals surface area contributed by atoms with E-state index in [0.29, 0.717) is 18.0 Å². The van der Waals surface area contributed by atoms with Crippen molar-refractivity contribution in [3.63, 3.8) is 0 Å². The molecule has 1 heterocycles. The highest BCUT2D eigenvalue weighted by atomic mass is 16.4. The highest BCUT2D eigenvalue weighted by Crippen LogP contribution is 2.21. The fourth-order valence-corrected chi connectivity index (χ4v) is 2.38. The van der Waals surface area contributed by atoms with Crippen molar-refractivity contribution in [2.45, 2.75) is 40.2 Å². The fourth-order valence-electron chi connectivity index (χ4n) is 2.38. The molecule has 0 aliphatic heterocycles. The molecule has 5 heteroatoms. The number of imidazole rings is 1. The molecule has 0 amide bonds. The van der Waals surface area contributed by atoms with Crippen LogP contribution in [0.3, 0.4) is 0 Å². The first-order chi connectivity index (χ1) is 9.88. The average Bonchev–Trinajstić information content (AvgIpc) is 2.71. The van der Waals surface area contributed by atoms with E-state index >= 15 is 0 Å². The van der Waals surface area contributed by atoms with E-state index in [4.69, 9.17) is 5.11 Å². The number of Topliss-reactive ketones (excluding diaryl/α,β-unsaturated/α-hetero) is 1. The predicted molar refractivity (Wildman–Crippen MR) is 80.5 cm³/mol. The van der Waals surface area contributed by atoms with Crippen molar-refractivity contribution in [2.75, 3.05) is 0 Å². The van der Waals surface area contributed by atoms with E-state index in [1.165, 1.54) is 6.92 Å².